The quantitative estimate of drug-likeness (QED) is 0.892. The minimum Gasteiger partial charge on any atom is -0.337 e. The van der Waals surface area contributed by atoms with E-state index in [1.165, 1.54) is 0 Å². The van der Waals surface area contributed by atoms with Crippen molar-refractivity contribution in [2.75, 3.05) is 19.6 Å². The Balaban J connectivity index is 2.18. The molecule has 106 valence electrons. The Bertz CT molecular complexity index is 485. The Hall–Kier alpha value is -0.880. The van der Waals surface area contributed by atoms with Crippen molar-refractivity contribution in [3.8, 4) is 0 Å². The Morgan fingerprint density at radius 3 is 2.79 bits per heavy atom. The molecule has 2 heterocycles. The van der Waals surface area contributed by atoms with Crippen LogP contribution in [0.15, 0.2) is 4.47 Å². The van der Waals surface area contributed by atoms with Gasteiger partial charge in [-0.1, -0.05) is 20.8 Å². The molecule has 6 heteroatoms. The minimum atomic E-state index is -0.0211. The van der Waals surface area contributed by atoms with Gasteiger partial charge in [0.25, 0.3) is 5.91 Å². The van der Waals surface area contributed by atoms with E-state index in [-0.39, 0.29) is 11.3 Å². The molecule has 1 unspecified atom stereocenters. The van der Waals surface area contributed by atoms with Crippen molar-refractivity contribution in [2.24, 2.45) is 11.1 Å². The van der Waals surface area contributed by atoms with Crippen LogP contribution < -0.4 is 5.73 Å². The third-order valence-electron chi connectivity index (χ3n) is 3.85. The number of likely N-dealkylation sites (tertiary alicyclic amines) is 1. The van der Waals surface area contributed by atoms with Gasteiger partial charge >= 0.3 is 0 Å². The SMILES string of the molecule is CC(C)c1[nH]nc(C(=O)N2CCC(C)(CN)C2)c1Br. The second kappa shape index (κ2) is 5.25. The number of hydrogen-bond donors (Lipinski definition) is 2. The smallest absolute Gasteiger partial charge is 0.275 e. The normalized spacial score (nSPS) is 23.4. The highest BCUT2D eigenvalue weighted by Crippen LogP contribution is 2.31. The molecule has 0 aliphatic carbocycles. The fourth-order valence-corrected chi connectivity index (χ4v) is 3.18. The summed E-state index contributed by atoms with van der Waals surface area (Å²) in [5.74, 6) is 0.281. The number of nitrogens with one attached hydrogen (secondary N) is 1. The van der Waals surface area contributed by atoms with Gasteiger partial charge in [-0.3, -0.25) is 9.89 Å². The molecule has 1 fully saturated rings. The number of aromatic amines is 1. The van der Waals surface area contributed by atoms with Crippen molar-refractivity contribution in [2.45, 2.75) is 33.1 Å². The molecule has 0 radical (unpaired) electrons. The third kappa shape index (κ3) is 2.69. The number of amides is 1. The first kappa shape index (κ1) is 14.5. The van der Waals surface area contributed by atoms with Gasteiger partial charge in [0.05, 0.1) is 10.2 Å². The Morgan fingerprint density at radius 1 is 1.63 bits per heavy atom. The molecule has 1 aliphatic rings. The first-order chi connectivity index (χ1) is 8.88. The van der Waals surface area contributed by atoms with E-state index in [0.717, 1.165) is 23.1 Å². The van der Waals surface area contributed by atoms with Gasteiger partial charge in [-0.15, -0.1) is 0 Å². The van der Waals surface area contributed by atoms with Gasteiger partial charge in [-0.05, 0) is 40.2 Å². The van der Waals surface area contributed by atoms with Gasteiger partial charge in [0.1, 0.15) is 0 Å². The summed E-state index contributed by atoms with van der Waals surface area (Å²) in [6.45, 7) is 8.32. The second-order valence-electron chi connectivity index (χ2n) is 5.95. The Morgan fingerprint density at radius 2 is 2.32 bits per heavy atom. The van der Waals surface area contributed by atoms with Crippen molar-refractivity contribution in [3.05, 3.63) is 15.9 Å². The third-order valence-corrected chi connectivity index (χ3v) is 4.65. The first-order valence-electron chi connectivity index (χ1n) is 6.61. The van der Waals surface area contributed by atoms with Crippen molar-refractivity contribution >= 4 is 21.8 Å². The summed E-state index contributed by atoms with van der Waals surface area (Å²) >= 11 is 3.48. The van der Waals surface area contributed by atoms with Gasteiger partial charge < -0.3 is 10.6 Å². The zero-order valence-corrected chi connectivity index (χ0v) is 13.2. The van der Waals surface area contributed by atoms with E-state index in [1.807, 2.05) is 4.90 Å². The summed E-state index contributed by atoms with van der Waals surface area (Å²) in [6.07, 6.45) is 0.953. The molecular formula is C13H21BrN4O. The number of halogens is 1. The van der Waals surface area contributed by atoms with E-state index < -0.39 is 0 Å². The summed E-state index contributed by atoms with van der Waals surface area (Å²) in [4.78, 5) is 14.3. The van der Waals surface area contributed by atoms with Crippen molar-refractivity contribution in [1.82, 2.24) is 15.1 Å². The lowest BCUT2D eigenvalue weighted by molar-refractivity contribution is 0.0770. The predicted molar refractivity (Wildman–Crippen MR) is 78.1 cm³/mol. The average Bonchev–Trinajstić information content (AvgIpc) is 2.93. The molecule has 0 saturated carbocycles. The maximum atomic E-state index is 12.5. The molecule has 1 atom stereocenters. The van der Waals surface area contributed by atoms with Gasteiger partial charge in [-0.2, -0.15) is 5.10 Å². The number of hydrogen-bond acceptors (Lipinski definition) is 3. The molecule has 1 aromatic heterocycles. The number of aromatic nitrogens is 2. The molecule has 3 N–H and O–H groups in total. The van der Waals surface area contributed by atoms with Crippen LogP contribution in [0.4, 0.5) is 0 Å². The van der Waals surface area contributed by atoms with Crippen LogP contribution in [0, 0.1) is 5.41 Å². The highest BCUT2D eigenvalue weighted by Gasteiger charge is 2.36. The lowest BCUT2D eigenvalue weighted by atomic mass is 9.90. The van der Waals surface area contributed by atoms with Crippen LogP contribution in [-0.2, 0) is 0 Å². The van der Waals surface area contributed by atoms with Gasteiger partial charge in [0.2, 0.25) is 0 Å². The van der Waals surface area contributed by atoms with Crippen molar-refractivity contribution in [3.63, 3.8) is 0 Å². The molecule has 1 saturated heterocycles. The maximum Gasteiger partial charge on any atom is 0.275 e. The van der Waals surface area contributed by atoms with Crippen LogP contribution in [0.2, 0.25) is 0 Å². The molecule has 0 spiro atoms. The van der Waals surface area contributed by atoms with E-state index >= 15 is 0 Å². The van der Waals surface area contributed by atoms with Crippen LogP contribution in [-0.4, -0.2) is 40.6 Å². The minimum absolute atomic E-state index is 0.0211. The summed E-state index contributed by atoms with van der Waals surface area (Å²) in [5.41, 5.74) is 7.25. The van der Waals surface area contributed by atoms with E-state index in [9.17, 15) is 4.79 Å². The molecule has 5 nitrogen and oxygen atoms in total. The molecule has 0 bridgehead atoms. The highest BCUT2D eigenvalue weighted by molar-refractivity contribution is 9.10. The van der Waals surface area contributed by atoms with E-state index in [2.05, 4.69) is 46.9 Å². The lowest BCUT2D eigenvalue weighted by Gasteiger charge is -2.22. The number of carbonyl (C=O) groups excluding carboxylic acids is 1. The average molecular weight is 329 g/mol. The lowest BCUT2D eigenvalue weighted by Crippen LogP contribution is -2.34. The van der Waals surface area contributed by atoms with Crippen LogP contribution in [0.3, 0.4) is 0 Å². The summed E-state index contributed by atoms with van der Waals surface area (Å²) in [6, 6.07) is 0. The largest absolute Gasteiger partial charge is 0.337 e. The number of nitrogens with zero attached hydrogens (tertiary/aromatic N) is 2. The van der Waals surface area contributed by atoms with Crippen LogP contribution in [0.5, 0.6) is 0 Å². The topological polar surface area (TPSA) is 75.0 Å². The van der Waals surface area contributed by atoms with Crippen molar-refractivity contribution < 1.29 is 4.79 Å². The number of nitrogens with two attached hydrogens (primary N) is 1. The zero-order valence-electron chi connectivity index (χ0n) is 11.7. The maximum absolute atomic E-state index is 12.5. The number of carbonyl (C=O) groups is 1. The molecule has 19 heavy (non-hydrogen) atoms. The van der Waals surface area contributed by atoms with Crippen LogP contribution in [0.25, 0.3) is 0 Å². The predicted octanol–water partition coefficient (Wildman–Crippen LogP) is 2.11. The summed E-state index contributed by atoms with van der Waals surface area (Å²) < 4.78 is 0.786. The van der Waals surface area contributed by atoms with E-state index in [4.69, 9.17) is 5.73 Å². The molecular weight excluding hydrogens is 308 g/mol. The number of H-pyrrole nitrogens is 1. The zero-order chi connectivity index (χ0) is 14.2. The standard InChI is InChI=1S/C13H21BrN4O/c1-8(2)10-9(14)11(17-16-10)12(19)18-5-4-13(3,6-15)7-18/h8H,4-7,15H2,1-3H3,(H,16,17). The fraction of sp³-hybridized carbons (Fsp3) is 0.692. The molecule has 0 aromatic carbocycles. The van der Waals surface area contributed by atoms with Crippen molar-refractivity contribution in [1.29, 1.82) is 0 Å². The van der Waals surface area contributed by atoms with Gasteiger partial charge in [0.15, 0.2) is 5.69 Å². The Kier molecular flexibility index (Phi) is 4.01. The summed E-state index contributed by atoms with van der Waals surface area (Å²) in [7, 11) is 0. The monoisotopic (exact) mass is 328 g/mol. The van der Waals surface area contributed by atoms with Crippen LogP contribution in [0.1, 0.15) is 49.3 Å². The molecule has 1 aliphatic heterocycles. The molecule has 1 aromatic rings. The van der Waals surface area contributed by atoms with E-state index in [0.29, 0.717) is 24.7 Å². The van der Waals surface area contributed by atoms with Gasteiger partial charge in [0, 0.05) is 13.1 Å². The molecule has 2 rings (SSSR count). The molecule has 1 amide bonds. The number of rotatable bonds is 3. The fourth-order valence-electron chi connectivity index (χ4n) is 2.38. The summed E-state index contributed by atoms with van der Waals surface area (Å²) in [5, 5.41) is 7.10. The highest BCUT2D eigenvalue weighted by atomic mass is 79.9. The van der Waals surface area contributed by atoms with Gasteiger partial charge in [-0.25, -0.2) is 0 Å². The Labute approximate surface area is 122 Å². The first-order valence-corrected chi connectivity index (χ1v) is 7.40. The van der Waals surface area contributed by atoms with Crippen LogP contribution >= 0.6 is 15.9 Å². The second-order valence-corrected chi connectivity index (χ2v) is 6.74. The van der Waals surface area contributed by atoms with E-state index in [1.54, 1.807) is 0 Å².